The van der Waals surface area contributed by atoms with Crippen molar-refractivity contribution in [2.24, 2.45) is 5.92 Å². The van der Waals surface area contributed by atoms with E-state index in [0.29, 0.717) is 0 Å². The van der Waals surface area contributed by atoms with Crippen LogP contribution in [0.4, 0.5) is 5.69 Å². The Morgan fingerprint density at radius 3 is 2.60 bits per heavy atom. The number of rotatable bonds is 7. The molecule has 188 valence electrons. The number of carbonyl (C=O) groups excluding carboxylic acids is 1. The first-order valence-electron chi connectivity index (χ1n) is 13.0. The molecule has 2 aromatic carbocycles. The van der Waals surface area contributed by atoms with Crippen molar-refractivity contribution in [1.29, 1.82) is 0 Å². The number of fused-ring (bicyclic) bond motifs is 3. The highest BCUT2D eigenvalue weighted by molar-refractivity contribution is 6.30. The van der Waals surface area contributed by atoms with Gasteiger partial charge in [-0.1, -0.05) is 36.2 Å². The molecule has 2 aromatic rings. The van der Waals surface area contributed by atoms with Crippen LogP contribution < -0.4 is 15.0 Å². The van der Waals surface area contributed by atoms with Gasteiger partial charge in [0, 0.05) is 56.0 Å². The maximum absolute atomic E-state index is 13.5. The summed E-state index contributed by atoms with van der Waals surface area (Å²) in [7, 11) is 1.71. The van der Waals surface area contributed by atoms with Gasteiger partial charge in [-0.3, -0.25) is 9.69 Å². The highest BCUT2D eigenvalue weighted by Crippen LogP contribution is 2.38. The number of hydrogen-bond donors (Lipinski definition) is 1. The van der Waals surface area contributed by atoms with Crippen LogP contribution in [0.2, 0.25) is 5.02 Å². The number of amides is 1. The lowest BCUT2D eigenvalue weighted by Crippen LogP contribution is -2.61. The summed E-state index contributed by atoms with van der Waals surface area (Å²) in [4.78, 5) is 20.9. The number of likely N-dealkylation sites (tertiary alicyclic amines) is 1. The third-order valence-electron chi connectivity index (χ3n) is 7.84. The fourth-order valence-corrected chi connectivity index (χ4v) is 6.03. The quantitative estimate of drug-likeness (QED) is 0.631. The van der Waals surface area contributed by atoms with Gasteiger partial charge in [-0.2, -0.15) is 0 Å². The number of anilines is 1. The Balaban J connectivity index is 1.30. The van der Waals surface area contributed by atoms with Gasteiger partial charge >= 0.3 is 0 Å². The van der Waals surface area contributed by atoms with Gasteiger partial charge < -0.3 is 19.9 Å². The van der Waals surface area contributed by atoms with Crippen LogP contribution in [0.25, 0.3) is 0 Å². The minimum absolute atomic E-state index is 0.0646. The summed E-state index contributed by atoms with van der Waals surface area (Å²) < 4.78 is 5.52. The number of nitrogens with zero attached hydrogens (tertiary/aromatic N) is 3. The first-order chi connectivity index (χ1) is 17.1. The molecule has 1 amide bonds. The molecule has 0 bridgehead atoms. The number of piperazine rings is 1. The van der Waals surface area contributed by atoms with Gasteiger partial charge in [-0.05, 0) is 61.7 Å². The third-order valence-corrected chi connectivity index (χ3v) is 8.09. The summed E-state index contributed by atoms with van der Waals surface area (Å²) in [6.45, 7) is 7.58. The number of hydrogen-bond acceptors (Lipinski definition) is 5. The lowest BCUT2D eigenvalue weighted by molar-refractivity contribution is -0.126. The van der Waals surface area contributed by atoms with Gasteiger partial charge in [-0.25, -0.2) is 0 Å². The van der Waals surface area contributed by atoms with Crippen LogP contribution >= 0.6 is 11.6 Å². The zero-order valence-corrected chi connectivity index (χ0v) is 21.5. The Bertz CT molecular complexity index is 1010. The van der Waals surface area contributed by atoms with Crippen LogP contribution in [-0.2, 0) is 17.8 Å². The molecule has 7 heteroatoms. The lowest BCUT2D eigenvalue weighted by atomic mass is 9.83. The molecular weight excluding hydrogens is 460 g/mol. The van der Waals surface area contributed by atoms with E-state index in [1.165, 1.54) is 36.1 Å². The van der Waals surface area contributed by atoms with E-state index < -0.39 is 0 Å². The van der Waals surface area contributed by atoms with E-state index in [4.69, 9.17) is 16.3 Å². The first-order valence-corrected chi connectivity index (χ1v) is 13.4. The van der Waals surface area contributed by atoms with Crippen molar-refractivity contribution < 1.29 is 9.53 Å². The summed E-state index contributed by atoms with van der Waals surface area (Å²) in [5, 5.41) is 4.05. The molecule has 2 fully saturated rings. The van der Waals surface area contributed by atoms with E-state index >= 15 is 0 Å². The van der Waals surface area contributed by atoms with Crippen molar-refractivity contribution in [3.63, 3.8) is 0 Å². The number of benzene rings is 2. The van der Waals surface area contributed by atoms with E-state index in [1.54, 1.807) is 7.11 Å². The summed E-state index contributed by atoms with van der Waals surface area (Å²) in [5.74, 6) is 0.993. The number of ether oxygens (including phenoxy) is 1. The largest absolute Gasteiger partial charge is 0.497 e. The van der Waals surface area contributed by atoms with Gasteiger partial charge in [0.1, 0.15) is 5.75 Å². The van der Waals surface area contributed by atoms with Gasteiger partial charge in [-0.15, -0.1) is 0 Å². The zero-order valence-electron chi connectivity index (χ0n) is 20.7. The predicted octanol–water partition coefficient (Wildman–Crippen LogP) is 3.81. The van der Waals surface area contributed by atoms with Gasteiger partial charge in [0.05, 0.1) is 19.1 Å². The highest BCUT2D eigenvalue weighted by atomic mass is 35.5. The van der Waals surface area contributed by atoms with Crippen LogP contribution in [0.15, 0.2) is 42.5 Å². The molecule has 3 aliphatic heterocycles. The molecular formula is C28H37ClN4O2. The van der Waals surface area contributed by atoms with Gasteiger partial charge in [0.15, 0.2) is 0 Å². The SMILES string of the molecule is COc1ccc2c(c1)N1CCN(Cc3ccc(Cl)cc3)C[C@H]1[C@@H](C(=O)NCCN1CCCCC1)C2. The van der Waals surface area contributed by atoms with Crippen LogP contribution in [0.1, 0.15) is 30.4 Å². The molecule has 0 spiro atoms. The molecule has 0 radical (unpaired) electrons. The van der Waals surface area contributed by atoms with Crippen LogP contribution in [0, 0.1) is 5.92 Å². The molecule has 5 rings (SSSR count). The molecule has 35 heavy (non-hydrogen) atoms. The standard InChI is InChI=1S/C28H37ClN4O2/c1-35-24-10-7-22-17-25(28(34)30-11-14-31-12-3-2-4-13-31)27-20-32(15-16-33(27)26(22)18-24)19-21-5-8-23(29)9-6-21/h5-10,18,25,27H,2-4,11-17,19-20H2,1H3,(H,30,34)/t25-,27-/m0/s1. The average molecular weight is 497 g/mol. The van der Waals surface area contributed by atoms with Crippen LogP contribution in [0.3, 0.4) is 0 Å². The second-order valence-corrected chi connectivity index (χ2v) is 10.6. The highest BCUT2D eigenvalue weighted by Gasteiger charge is 2.41. The van der Waals surface area contributed by atoms with Gasteiger partial charge in [0.25, 0.3) is 0 Å². The molecule has 3 heterocycles. The van der Waals surface area contributed by atoms with Crippen molar-refractivity contribution in [3.05, 3.63) is 58.6 Å². The second-order valence-electron chi connectivity index (χ2n) is 10.1. The molecule has 0 unspecified atom stereocenters. The number of piperidine rings is 1. The van der Waals surface area contributed by atoms with E-state index in [2.05, 4.69) is 44.3 Å². The third kappa shape index (κ3) is 5.76. The molecule has 6 nitrogen and oxygen atoms in total. The molecule has 0 aromatic heterocycles. The maximum Gasteiger partial charge on any atom is 0.225 e. The molecule has 2 atom stereocenters. The second kappa shape index (κ2) is 11.2. The molecule has 2 saturated heterocycles. The smallest absolute Gasteiger partial charge is 0.225 e. The number of methoxy groups -OCH3 is 1. The predicted molar refractivity (Wildman–Crippen MR) is 141 cm³/mol. The Hall–Kier alpha value is -2.28. The van der Waals surface area contributed by atoms with Crippen LogP contribution in [-0.4, -0.2) is 74.7 Å². The average Bonchev–Trinajstić information content (AvgIpc) is 2.89. The Labute approximate surface area is 214 Å². The Kier molecular flexibility index (Phi) is 7.81. The number of halogens is 1. The number of nitrogens with one attached hydrogen (secondary N) is 1. The molecule has 3 aliphatic rings. The van der Waals surface area contributed by atoms with Crippen molar-refractivity contribution in [3.8, 4) is 5.75 Å². The Morgan fingerprint density at radius 1 is 1.03 bits per heavy atom. The minimum atomic E-state index is -0.0646. The van der Waals surface area contributed by atoms with Crippen LogP contribution in [0.5, 0.6) is 5.75 Å². The summed E-state index contributed by atoms with van der Waals surface area (Å²) >= 11 is 6.09. The van der Waals surface area contributed by atoms with Gasteiger partial charge in [0.2, 0.25) is 5.91 Å². The maximum atomic E-state index is 13.5. The number of carbonyl (C=O) groups is 1. The van der Waals surface area contributed by atoms with Crippen molar-refractivity contribution in [2.75, 3.05) is 57.8 Å². The fraction of sp³-hybridized carbons (Fsp3) is 0.536. The lowest BCUT2D eigenvalue weighted by Gasteiger charge is -2.49. The topological polar surface area (TPSA) is 48.1 Å². The monoisotopic (exact) mass is 496 g/mol. The first kappa shape index (κ1) is 24.4. The molecule has 0 aliphatic carbocycles. The minimum Gasteiger partial charge on any atom is -0.497 e. The van der Waals surface area contributed by atoms with E-state index in [0.717, 1.165) is 69.6 Å². The van der Waals surface area contributed by atoms with Crippen molar-refractivity contribution in [2.45, 2.75) is 38.3 Å². The van der Waals surface area contributed by atoms with E-state index in [-0.39, 0.29) is 17.9 Å². The molecule has 1 N–H and O–H groups in total. The van der Waals surface area contributed by atoms with E-state index in [1.807, 2.05) is 18.2 Å². The summed E-state index contributed by atoms with van der Waals surface area (Å²) in [5.41, 5.74) is 3.71. The molecule has 0 saturated carbocycles. The van der Waals surface area contributed by atoms with E-state index in [9.17, 15) is 4.79 Å². The zero-order chi connectivity index (χ0) is 24.2. The summed E-state index contributed by atoms with van der Waals surface area (Å²) in [6.07, 6.45) is 4.65. The Morgan fingerprint density at radius 2 is 1.83 bits per heavy atom. The van der Waals surface area contributed by atoms with Crippen molar-refractivity contribution >= 4 is 23.2 Å². The normalized spacial score (nSPS) is 22.9. The fourth-order valence-electron chi connectivity index (χ4n) is 5.91. The summed E-state index contributed by atoms with van der Waals surface area (Å²) in [6, 6.07) is 14.5. The van der Waals surface area contributed by atoms with Crippen molar-refractivity contribution in [1.82, 2.24) is 15.1 Å².